The fourth-order valence-electron chi connectivity index (χ4n) is 2.17. The van der Waals surface area contributed by atoms with Crippen molar-refractivity contribution in [1.82, 2.24) is 15.2 Å². The molecule has 0 aromatic carbocycles. The van der Waals surface area contributed by atoms with Gasteiger partial charge in [0.15, 0.2) is 0 Å². The highest BCUT2D eigenvalue weighted by Crippen LogP contribution is 2.22. The Labute approximate surface area is 112 Å². The summed E-state index contributed by atoms with van der Waals surface area (Å²) in [5, 5.41) is 4.26. The van der Waals surface area contributed by atoms with Crippen LogP contribution in [0.25, 0.3) is 0 Å². The first kappa shape index (κ1) is 13.5. The number of aryl methyl sites for hydroxylation is 1. The third-order valence-corrected chi connectivity index (χ3v) is 4.01. The van der Waals surface area contributed by atoms with Gasteiger partial charge in [0.1, 0.15) is 4.88 Å². The van der Waals surface area contributed by atoms with E-state index in [-0.39, 0.29) is 5.91 Å². The number of nitrogens with zero attached hydrogens (tertiary/aromatic N) is 2. The molecule has 1 aromatic rings. The summed E-state index contributed by atoms with van der Waals surface area (Å²) >= 11 is 1.54. The number of hydrogen-bond donors (Lipinski definition) is 1. The molecule has 2 heterocycles. The van der Waals surface area contributed by atoms with Gasteiger partial charge in [-0.05, 0) is 19.3 Å². The summed E-state index contributed by atoms with van der Waals surface area (Å²) in [6, 6.07) is 0. The van der Waals surface area contributed by atoms with Crippen LogP contribution in [-0.2, 0) is 6.42 Å². The lowest BCUT2D eigenvalue weighted by Gasteiger charge is -2.27. The summed E-state index contributed by atoms with van der Waals surface area (Å²) in [5.74, 6) is 0.693. The number of carbonyl (C=O) groups excluding carboxylic acids is 1. The van der Waals surface area contributed by atoms with Crippen molar-refractivity contribution in [3.63, 3.8) is 0 Å². The van der Waals surface area contributed by atoms with Gasteiger partial charge in [0.05, 0.1) is 10.7 Å². The lowest BCUT2D eigenvalue weighted by molar-refractivity contribution is 0.0739. The molecule has 0 unspecified atom stereocenters. The molecule has 18 heavy (non-hydrogen) atoms. The van der Waals surface area contributed by atoms with E-state index in [1.165, 1.54) is 11.3 Å². The van der Waals surface area contributed by atoms with Crippen LogP contribution >= 0.6 is 11.3 Å². The maximum absolute atomic E-state index is 12.5. The molecule has 0 aliphatic carbocycles. The highest BCUT2D eigenvalue weighted by molar-refractivity contribution is 7.13. The summed E-state index contributed by atoms with van der Waals surface area (Å²) in [7, 11) is 0. The van der Waals surface area contributed by atoms with E-state index in [1.807, 2.05) is 11.8 Å². The number of rotatable bonds is 3. The molecule has 0 saturated carbocycles. The Kier molecular flexibility index (Phi) is 4.35. The third-order valence-electron chi connectivity index (χ3n) is 3.00. The normalized spacial score (nSPS) is 16.3. The Morgan fingerprint density at radius 3 is 2.72 bits per heavy atom. The van der Waals surface area contributed by atoms with Gasteiger partial charge in [-0.1, -0.05) is 13.8 Å². The molecule has 0 spiro atoms. The molecular weight excluding hydrogens is 246 g/mol. The monoisotopic (exact) mass is 267 g/mol. The number of amides is 1. The van der Waals surface area contributed by atoms with Crippen molar-refractivity contribution < 1.29 is 4.79 Å². The summed E-state index contributed by atoms with van der Waals surface area (Å²) < 4.78 is 0. The van der Waals surface area contributed by atoms with E-state index >= 15 is 0 Å². The molecule has 1 N–H and O–H groups in total. The van der Waals surface area contributed by atoms with Crippen LogP contribution in [0.3, 0.4) is 0 Å². The number of piperazine rings is 1. The minimum Gasteiger partial charge on any atom is -0.335 e. The summed E-state index contributed by atoms with van der Waals surface area (Å²) in [4.78, 5) is 19.8. The predicted octanol–water partition coefficient (Wildman–Crippen LogP) is 1.70. The molecule has 1 aliphatic rings. The SMILES string of the molecule is Cc1nc(CC(C)C)c(C(=O)N2CCNCC2)s1. The first-order valence-electron chi connectivity index (χ1n) is 6.54. The highest BCUT2D eigenvalue weighted by Gasteiger charge is 2.23. The average Bonchev–Trinajstić information content (AvgIpc) is 2.69. The Morgan fingerprint density at radius 1 is 1.44 bits per heavy atom. The zero-order valence-corrected chi connectivity index (χ0v) is 12.1. The lowest BCUT2D eigenvalue weighted by atomic mass is 10.1. The van der Waals surface area contributed by atoms with Gasteiger partial charge in [0.2, 0.25) is 0 Å². The quantitative estimate of drug-likeness (QED) is 0.906. The molecule has 0 bridgehead atoms. The second-order valence-corrected chi connectivity index (χ2v) is 6.35. The largest absolute Gasteiger partial charge is 0.335 e. The smallest absolute Gasteiger partial charge is 0.265 e. The molecule has 2 rings (SSSR count). The highest BCUT2D eigenvalue weighted by atomic mass is 32.1. The number of thiazole rings is 1. The predicted molar refractivity (Wildman–Crippen MR) is 74.2 cm³/mol. The van der Waals surface area contributed by atoms with Gasteiger partial charge in [-0.25, -0.2) is 4.98 Å². The Balaban J connectivity index is 2.17. The van der Waals surface area contributed by atoms with Gasteiger partial charge >= 0.3 is 0 Å². The fourth-order valence-corrected chi connectivity index (χ4v) is 3.09. The molecule has 1 amide bonds. The van der Waals surface area contributed by atoms with Crippen LogP contribution in [0.1, 0.15) is 34.2 Å². The van der Waals surface area contributed by atoms with Crippen LogP contribution in [0.15, 0.2) is 0 Å². The van der Waals surface area contributed by atoms with Crippen LogP contribution < -0.4 is 5.32 Å². The molecule has 0 atom stereocenters. The number of hydrogen-bond acceptors (Lipinski definition) is 4. The second-order valence-electron chi connectivity index (χ2n) is 5.15. The Hall–Kier alpha value is -0.940. The van der Waals surface area contributed by atoms with E-state index in [0.29, 0.717) is 5.92 Å². The maximum atomic E-state index is 12.5. The zero-order chi connectivity index (χ0) is 13.1. The molecular formula is C13H21N3OS. The third kappa shape index (κ3) is 3.09. The minimum absolute atomic E-state index is 0.165. The fraction of sp³-hybridized carbons (Fsp3) is 0.692. The number of nitrogens with one attached hydrogen (secondary N) is 1. The van der Waals surface area contributed by atoms with Gasteiger partial charge in [-0.3, -0.25) is 4.79 Å². The van der Waals surface area contributed by atoms with Crippen LogP contribution in [-0.4, -0.2) is 42.0 Å². The van der Waals surface area contributed by atoms with E-state index in [9.17, 15) is 4.79 Å². The molecule has 100 valence electrons. The van der Waals surface area contributed by atoms with E-state index in [1.54, 1.807) is 0 Å². The van der Waals surface area contributed by atoms with Crippen molar-refractivity contribution >= 4 is 17.2 Å². The van der Waals surface area contributed by atoms with Gasteiger partial charge in [0.25, 0.3) is 5.91 Å². The Morgan fingerprint density at radius 2 is 2.11 bits per heavy atom. The molecule has 1 saturated heterocycles. The van der Waals surface area contributed by atoms with Crippen LogP contribution in [0, 0.1) is 12.8 Å². The molecule has 1 aromatic heterocycles. The van der Waals surface area contributed by atoms with E-state index in [4.69, 9.17) is 0 Å². The molecule has 0 radical (unpaired) electrons. The average molecular weight is 267 g/mol. The number of aromatic nitrogens is 1. The zero-order valence-electron chi connectivity index (χ0n) is 11.3. The van der Waals surface area contributed by atoms with Crippen LogP contribution in [0.4, 0.5) is 0 Å². The van der Waals surface area contributed by atoms with Crippen molar-refractivity contribution in [3.05, 3.63) is 15.6 Å². The maximum Gasteiger partial charge on any atom is 0.265 e. The topological polar surface area (TPSA) is 45.2 Å². The molecule has 1 aliphatic heterocycles. The van der Waals surface area contributed by atoms with E-state index < -0.39 is 0 Å². The van der Waals surface area contributed by atoms with Crippen LogP contribution in [0.5, 0.6) is 0 Å². The van der Waals surface area contributed by atoms with E-state index in [0.717, 1.165) is 48.2 Å². The number of carbonyl (C=O) groups is 1. The van der Waals surface area contributed by atoms with Crippen molar-refractivity contribution in [2.45, 2.75) is 27.2 Å². The first-order valence-corrected chi connectivity index (χ1v) is 7.36. The van der Waals surface area contributed by atoms with Crippen molar-refractivity contribution in [2.24, 2.45) is 5.92 Å². The lowest BCUT2D eigenvalue weighted by Crippen LogP contribution is -2.46. The van der Waals surface area contributed by atoms with Crippen molar-refractivity contribution in [1.29, 1.82) is 0 Å². The van der Waals surface area contributed by atoms with E-state index in [2.05, 4.69) is 24.1 Å². The van der Waals surface area contributed by atoms with Crippen molar-refractivity contribution in [2.75, 3.05) is 26.2 Å². The van der Waals surface area contributed by atoms with Gasteiger partial charge in [0, 0.05) is 26.2 Å². The Bertz CT molecular complexity index is 422. The van der Waals surface area contributed by atoms with Crippen LogP contribution in [0.2, 0.25) is 0 Å². The first-order chi connectivity index (χ1) is 8.58. The molecule has 5 heteroatoms. The summed E-state index contributed by atoms with van der Waals surface area (Å²) in [6.45, 7) is 9.68. The summed E-state index contributed by atoms with van der Waals surface area (Å²) in [5.41, 5.74) is 0.982. The molecule has 4 nitrogen and oxygen atoms in total. The molecule has 1 fully saturated rings. The standard InChI is InChI=1S/C13H21N3OS/c1-9(2)8-11-12(18-10(3)15-11)13(17)16-6-4-14-5-7-16/h9,14H,4-8H2,1-3H3. The van der Waals surface area contributed by atoms with Gasteiger partial charge in [-0.2, -0.15) is 0 Å². The second kappa shape index (κ2) is 5.80. The minimum atomic E-state index is 0.165. The van der Waals surface area contributed by atoms with Gasteiger partial charge < -0.3 is 10.2 Å². The van der Waals surface area contributed by atoms with Crippen molar-refractivity contribution in [3.8, 4) is 0 Å². The summed E-state index contributed by atoms with van der Waals surface area (Å²) in [6.07, 6.45) is 0.886. The van der Waals surface area contributed by atoms with Gasteiger partial charge in [-0.15, -0.1) is 11.3 Å².